The van der Waals surface area contributed by atoms with Gasteiger partial charge in [0, 0.05) is 6.07 Å². The molecule has 1 aromatic rings. The first-order valence-electron chi connectivity index (χ1n) is 3.82. The van der Waals surface area contributed by atoms with Crippen LogP contribution in [0, 0.1) is 3.70 Å². The highest BCUT2D eigenvalue weighted by molar-refractivity contribution is 14.1. The molecule has 90 valence electrons. The van der Waals surface area contributed by atoms with E-state index in [1.165, 1.54) is 22.6 Å². The first kappa shape index (κ1) is 13.5. The molecule has 0 aliphatic rings. The number of ether oxygens (including phenoxy) is 1. The van der Waals surface area contributed by atoms with Crippen molar-refractivity contribution in [1.29, 1.82) is 0 Å². The normalized spacial score (nSPS) is 11.9. The number of pyridine rings is 1. The van der Waals surface area contributed by atoms with Crippen molar-refractivity contribution in [2.24, 2.45) is 5.14 Å². The Labute approximate surface area is 104 Å². The lowest BCUT2D eigenvalue weighted by atomic mass is 10.3. The number of sulfonamides is 1. The van der Waals surface area contributed by atoms with Crippen molar-refractivity contribution in [3.05, 3.63) is 15.3 Å². The van der Waals surface area contributed by atoms with E-state index in [1.54, 1.807) is 0 Å². The van der Waals surface area contributed by atoms with E-state index in [9.17, 15) is 17.2 Å². The van der Waals surface area contributed by atoms with Crippen molar-refractivity contribution in [3.63, 3.8) is 0 Å². The topological polar surface area (TPSA) is 82.3 Å². The van der Waals surface area contributed by atoms with Crippen LogP contribution in [0.4, 0.5) is 8.78 Å². The fourth-order valence-corrected chi connectivity index (χ4v) is 2.41. The molecule has 1 aromatic heterocycles. The molecule has 5 nitrogen and oxygen atoms in total. The maximum Gasteiger partial charge on any atom is 0.269 e. The summed E-state index contributed by atoms with van der Waals surface area (Å²) < 4.78 is 51.7. The summed E-state index contributed by atoms with van der Waals surface area (Å²) in [6.45, 7) is 0. The van der Waals surface area contributed by atoms with Crippen LogP contribution < -0.4 is 9.88 Å². The van der Waals surface area contributed by atoms with Crippen LogP contribution in [0.5, 0.6) is 5.75 Å². The van der Waals surface area contributed by atoms with Crippen LogP contribution in [0.15, 0.2) is 11.1 Å². The van der Waals surface area contributed by atoms with E-state index < -0.39 is 27.0 Å². The number of primary sulfonamides is 1. The molecule has 9 heteroatoms. The van der Waals surface area contributed by atoms with Gasteiger partial charge in [-0.15, -0.1) is 0 Å². The Morgan fingerprint density at radius 2 is 2.12 bits per heavy atom. The Bertz CT molecular complexity index is 507. The van der Waals surface area contributed by atoms with Gasteiger partial charge in [-0.3, -0.25) is 0 Å². The average molecular weight is 364 g/mol. The van der Waals surface area contributed by atoms with Crippen molar-refractivity contribution in [1.82, 2.24) is 4.98 Å². The van der Waals surface area contributed by atoms with Gasteiger partial charge in [-0.25, -0.2) is 27.3 Å². The molecule has 0 atom stereocenters. The van der Waals surface area contributed by atoms with Crippen molar-refractivity contribution < 1.29 is 21.9 Å². The zero-order chi connectivity index (χ0) is 12.5. The third-order valence-corrected chi connectivity index (χ3v) is 3.29. The molecular weight excluding hydrogens is 357 g/mol. The summed E-state index contributed by atoms with van der Waals surface area (Å²) in [5, 5.41) is 4.34. The molecule has 0 saturated heterocycles. The monoisotopic (exact) mass is 364 g/mol. The summed E-state index contributed by atoms with van der Waals surface area (Å²) in [6.07, 6.45) is -2.80. The van der Waals surface area contributed by atoms with Gasteiger partial charge in [-0.1, -0.05) is 0 Å². The maximum atomic E-state index is 12.6. The predicted octanol–water partition coefficient (Wildman–Crippen LogP) is 1.28. The fraction of sp³-hybridized carbons (Fsp3) is 0.286. The molecule has 0 spiro atoms. The van der Waals surface area contributed by atoms with Gasteiger partial charge < -0.3 is 4.74 Å². The van der Waals surface area contributed by atoms with Gasteiger partial charge in [0.1, 0.15) is 9.45 Å². The van der Waals surface area contributed by atoms with Crippen molar-refractivity contribution in [2.45, 2.75) is 11.5 Å². The molecule has 0 radical (unpaired) electrons. The van der Waals surface area contributed by atoms with Crippen LogP contribution in [0.2, 0.25) is 0 Å². The van der Waals surface area contributed by atoms with Crippen LogP contribution in [0.25, 0.3) is 0 Å². The van der Waals surface area contributed by atoms with E-state index in [0.29, 0.717) is 0 Å². The lowest BCUT2D eigenvalue weighted by Crippen LogP contribution is -2.15. The van der Waals surface area contributed by atoms with Gasteiger partial charge in [0.25, 0.3) is 16.4 Å². The van der Waals surface area contributed by atoms with Crippen LogP contribution in [-0.2, 0) is 10.0 Å². The Morgan fingerprint density at radius 1 is 1.56 bits per heavy atom. The van der Waals surface area contributed by atoms with Gasteiger partial charge in [0.15, 0.2) is 5.03 Å². The van der Waals surface area contributed by atoms with E-state index in [1.807, 2.05) is 0 Å². The largest absolute Gasteiger partial charge is 0.496 e. The van der Waals surface area contributed by atoms with Crippen LogP contribution in [0.1, 0.15) is 12.0 Å². The molecule has 0 aromatic carbocycles. The zero-order valence-electron chi connectivity index (χ0n) is 7.95. The smallest absolute Gasteiger partial charge is 0.269 e. The van der Waals surface area contributed by atoms with Crippen molar-refractivity contribution >= 4 is 32.6 Å². The highest BCUT2D eigenvalue weighted by Gasteiger charge is 2.23. The number of rotatable bonds is 3. The third kappa shape index (κ3) is 2.77. The number of methoxy groups -OCH3 is 1. The van der Waals surface area contributed by atoms with Gasteiger partial charge in [0.05, 0.1) is 12.7 Å². The molecule has 2 N–H and O–H groups in total. The predicted molar refractivity (Wildman–Crippen MR) is 59.8 cm³/mol. The fourth-order valence-electron chi connectivity index (χ4n) is 0.993. The maximum absolute atomic E-state index is 12.6. The summed E-state index contributed by atoms with van der Waals surface area (Å²) in [4.78, 5) is 3.49. The zero-order valence-corrected chi connectivity index (χ0v) is 10.9. The van der Waals surface area contributed by atoms with E-state index >= 15 is 0 Å². The lowest BCUT2D eigenvalue weighted by molar-refractivity contribution is 0.145. The number of nitrogens with two attached hydrogens (primary N) is 1. The Balaban J connectivity index is 3.50. The second kappa shape index (κ2) is 4.75. The summed E-state index contributed by atoms with van der Waals surface area (Å²) in [5.41, 5.74) is -0.449. The molecule has 1 heterocycles. The minimum atomic E-state index is -4.04. The molecule has 0 aliphatic carbocycles. The van der Waals surface area contributed by atoms with Gasteiger partial charge in [-0.05, 0) is 22.6 Å². The Kier molecular flexibility index (Phi) is 4.02. The number of aromatic nitrogens is 1. The second-order valence-electron chi connectivity index (χ2n) is 2.71. The average Bonchev–Trinajstić information content (AvgIpc) is 2.14. The van der Waals surface area contributed by atoms with Crippen LogP contribution >= 0.6 is 22.6 Å². The van der Waals surface area contributed by atoms with Gasteiger partial charge >= 0.3 is 0 Å². The van der Waals surface area contributed by atoms with Gasteiger partial charge in [-0.2, -0.15) is 0 Å². The Morgan fingerprint density at radius 3 is 2.50 bits per heavy atom. The van der Waals surface area contributed by atoms with Gasteiger partial charge in [0.2, 0.25) is 0 Å². The molecule has 1 rings (SSSR count). The Hall–Kier alpha value is -0.550. The lowest BCUT2D eigenvalue weighted by Gasteiger charge is -2.10. The molecule has 0 bridgehead atoms. The minimum Gasteiger partial charge on any atom is -0.496 e. The SMILES string of the molecule is COc1cc(S(N)(=O)=O)nc(I)c1C(F)F. The summed E-state index contributed by atoms with van der Waals surface area (Å²) >= 11 is 1.50. The summed E-state index contributed by atoms with van der Waals surface area (Å²) in [6, 6.07) is 0.874. The van der Waals surface area contributed by atoms with Crippen molar-refractivity contribution in [3.8, 4) is 5.75 Å². The number of nitrogens with zero attached hydrogens (tertiary/aromatic N) is 1. The van der Waals surface area contributed by atoms with E-state index in [2.05, 4.69) is 9.72 Å². The van der Waals surface area contributed by atoms with Crippen LogP contribution in [0.3, 0.4) is 0 Å². The number of alkyl halides is 2. The number of hydrogen-bond acceptors (Lipinski definition) is 4. The van der Waals surface area contributed by atoms with Crippen LogP contribution in [-0.4, -0.2) is 20.5 Å². The van der Waals surface area contributed by atoms with E-state index in [0.717, 1.165) is 13.2 Å². The highest BCUT2D eigenvalue weighted by atomic mass is 127. The molecule has 16 heavy (non-hydrogen) atoms. The second-order valence-corrected chi connectivity index (χ2v) is 5.24. The molecule has 0 aliphatic heterocycles. The first-order valence-corrected chi connectivity index (χ1v) is 6.45. The molecule has 0 fully saturated rings. The molecular formula is C7H7F2IN2O3S. The third-order valence-electron chi connectivity index (χ3n) is 1.68. The summed E-state index contributed by atoms with van der Waals surface area (Å²) in [5.74, 6) is -0.251. The summed E-state index contributed by atoms with van der Waals surface area (Å²) in [7, 11) is -2.88. The first-order chi connectivity index (χ1) is 7.27. The molecule has 0 unspecified atom stereocenters. The number of halogens is 3. The highest BCUT2D eigenvalue weighted by Crippen LogP contribution is 2.33. The van der Waals surface area contributed by atoms with E-state index in [4.69, 9.17) is 5.14 Å². The molecule has 0 saturated carbocycles. The molecule has 0 amide bonds. The van der Waals surface area contributed by atoms with Crippen molar-refractivity contribution in [2.75, 3.05) is 7.11 Å². The quantitative estimate of drug-likeness (QED) is 0.647. The number of hydrogen-bond donors (Lipinski definition) is 1. The van der Waals surface area contributed by atoms with E-state index in [-0.39, 0.29) is 9.45 Å². The minimum absolute atomic E-state index is 0.157. The standard InChI is InChI=1S/C7H7F2IN2O3S/c1-15-3-2-4(16(11,13)14)12-7(10)5(3)6(8)9/h2,6H,1H3,(H2,11,13,14).